The summed E-state index contributed by atoms with van der Waals surface area (Å²) in [7, 11) is 3.91. The summed E-state index contributed by atoms with van der Waals surface area (Å²) in [4.78, 5) is 41.2. The molecule has 4 rings (SSSR count). The zero-order chi connectivity index (χ0) is 34.4. The van der Waals surface area contributed by atoms with E-state index < -0.39 is 0 Å². The molecule has 0 spiro atoms. The van der Waals surface area contributed by atoms with E-state index in [1.807, 2.05) is 0 Å². The summed E-state index contributed by atoms with van der Waals surface area (Å²) >= 11 is 0. The first-order valence-electron chi connectivity index (χ1n) is 17.4. The number of methoxy groups -OCH3 is 1. The van der Waals surface area contributed by atoms with Crippen LogP contribution < -0.4 is 10.6 Å². The number of carbonyl (C=O) groups is 2. The average molecular weight is 671 g/mol. The molecule has 0 saturated carbocycles. The number of aromatic amines is 1. The highest BCUT2D eigenvalue weighted by molar-refractivity contribution is 6.07. The number of imidazole rings is 1. The van der Waals surface area contributed by atoms with Crippen LogP contribution in [0.5, 0.6) is 0 Å². The summed E-state index contributed by atoms with van der Waals surface area (Å²) < 4.78 is 23.0. The minimum Gasteiger partial charge on any atom is -0.382 e. The molecular weight excluding hydrogens is 614 g/mol. The minimum absolute atomic E-state index is 0.000746. The summed E-state index contributed by atoms with van der Waals surface area (Å²) in [6.07, 6.45) is 3.76. The number of nitrogens with one attached hydrogen (secondary N) is 1. The van der Waals surface area contributed by atoms with E-state index in [0.717, 1.165) is 84.2 Å². The first-order valence-corrected chi connectivity index (χ1v) is 17.4. The highest BCUT2D eigenvalue weighted by atomic mass is 16.5. The third-order valence-electron chi connectivity index (χ3n) is 9.07. The van der Waals surface area contributed by atoms with E-state index in [1.54, 1.807) is 18.9 Å². The van der Waals surface area contributed by atoms with Gasteiger partial charge < -0.3 is 43.9 Å². The molecule has 13 heteroatoms. The second-order valence-electron chi connectivity index (χ2n) is 12.9. The number of benzene rings is 1. The number of piperazine rings is 1. The van der Waals surface area contributed by atoms with Crippen LogP contribution in [0.4, 0.5) is 11.5 Å². The van der Waals surface area contributed by atoms with Crippen LogP contribution in [0, 0.1) is 0 Å². The van der Waals surface area contributed by atoms with Crippen LogP contribution in [-0.4, -0.2) is 142 Å². The van der Waals surface area contributed by atoms with Gasteiger partial charge in [-0.1, -0.05) is 13.3 Å². The molecule has 1 aliphatic rings. The number of amides is 1. The Hall–Kier alpha value is -3.36. The topological polar surface area (TPSA) is 145 Å². The number of quaternary nitrogens is 1. The second-order valence-corrected chi connectivity index (χ2v) is 12.9. The van der Waals surface area contributed by atoms with Crippen molar-refractivity contribution in [2.75, 3.05) is 117 Å². The van der Waals surface area contributed by atoms with Gasteiger partial charge in [0.2, 0.25) is 5.91 Å². The van der Waals surface area contributed by atoms with Gasteiger partial charge in [-0.3, -0.25) is 9.59 Å². The van der Waals surface area contributed by atoms with Gasteiger partial charge >= 0.3 is 0 Å². The zero-order valence-electron chi connectivity index (χ0n) is 29.4. The lowest BCUT2D eigenvalue weighted by atomic mass is 10.1. The molecular formula is C35H56N7O6+. The molecule has 3 aromatic rings. The SMILES string of the molecule is CCCCc1nc2c([nH]1)c(N)nc1ccc(N3CC[N+](C)(CCOCCN(CCOCCC(C)=O)C(=O)CCOCCOC)CC3)cc12. The molecule has 1 amide bonds. The first kappa shape index (κ1) is 37.5. The Bertz CT molecular complexity index is 1460. The fourth-order valence-corrected chi connectivity index (χ4v) is 5.87. The zero-order valence-corrected chi connectivity index (χ0v) is 29.4. The Morgan fingerprint density at radius 2 is 1.69 bits per heavy atom. The predicted octanol–water partition coefficient (Wildman–Crippen LogP) is 3.20. The minimum atomic E-state index is -0.000746. The number of likely N-dealkylation sites (N-methyl/N-ethyl adjacent to an activating group) is 1. The van der Waals surface area contributed by atoms with Crippen molar-refractivity contribution in [1.82, 2.24) is 19.9 Å². The summed E-state index contributed by atoms with van der Waals surface area (Å²) in [6.45, 7) is 12.6. The van der Waals surface area contributed by atoms with E-state index in [4.69, 9.17) is 29.7 Å². The molecule has 13 nitrogen and oxygen atoms in total. The Morgan fingerprint density at radius 1 is 0.979 bits per heavy atom. The van der Waals surface area contributed by atoms with Crippen molar-refractivity contribution in [2.45, 2.75) is 46.0 Å². The number of rotatable bonds is 22. The molecule has 0 atom stereocenters. The number of ketones is 1. The van der Waals surface area contributed by atoms with Crippen molar-refractivity contribution >= 4 is 45.1 Å². The standard InChI is InChI=1S/C35H56N7O6/c1-5-6-7-31-38-33-29-26-28(8-9-30(29)37-35(36)34(33)39-31)40-12-16-42(3,17-13-40)18-23-48-22-15-41(14-21-46-19-10-27(2)43)32(44)11-20-47-25-24-45-4/h8-9,26H,5-7,10-25H2,1-4H3,(H2,36,37)(H,38,39)/q+1. The molecule has 0 radical (unpaired) electrons. The number of carbonyl (C=O) groups excluding carboxylic acids is 2. The summed E-state index contributed by atoms with van der Waals surface area (Å²) in [5, 5.41) is 1.03. The van der Waals surface area contributed by atoms with Gasteiger partial charge in [0.25, 0.3) is 0 Å². The Labute approximate surface area is 284 Å². The van der Waals surface area contributed by atoms with Crippen LogP contribution in [0.2, 0.25) is 0 Å². The van der Waals surface area contributed by atoms with Crippen molar-refractivity contribution in [1.29, 1.82) is 0 Å². The normalized spacial score (nSPS) is 14.6. The Kier molecular flexibility index (Phi) is 14.8. The number of H-pyrrole nitrogens is 1. The number of nitrogens with two attached hydrogens (primary N) is 1. The number of aromatic nitrogens is 3. The Balaban J connectivity index is 1.24. The molecule has 3 N–H and O–H groups in total. The highest BCUT2D eigenvalue weighted by Crippen LogP contribution is 2.30. The molecule has 266 valence electrons. The number of fused-ring (bicyclic) bond motifs is 3. The van der Waals surface area contributed by atoms with Gasteiger partial charge in [-0.15, -0.1) is 0 Å². The van der Waals surface area contributed by atoms with Crippen molar-refractivity contribution < 1.29 is 33.0 Å². The largest absolute Gasteiger partial charge is 0.382 e. The van der Waals surface area contributed by atoms with E-state index in [0.29, 0.717) is 71.6 Å². The Morgan fingerprint density at radius 3 is 2.40 bits per heavy atom. The van der Waals surface area contributed by atoms with Crippen LogP contribution in [0.3, 0.4) is 0 Å². The molecule has 1 aromatic carbocycles. The average Bonchev–Trinajstić information content (AvgIpc) is 3.51. The van der Waals surface area contributed by atoms with Gasteiger partial charge in [-0.05, 0) is 31.5 Å². The maximum atomic E-state index is 12.9. The number of hydrogen-bond donors (Lipinski definition) is 2. The van der Waals surface area contributed by atoms with Gasteiger partial charge in [-0.2, -0.15) is 0 Å². The van der Waals surface area contributed by atoms with Crippen LogP contribution in [-0.2, 0) is 35.0 Å². The highest BCUT2D eigenvalue weighted by Gasteiger charge is 2.29. The van der Waals surface area contributed by atoms with Gasteiger partial charge in [-0.25, -0.2) is 9.97 Å². The molecule has 3 heterocycles. The number of hydrogen-bond acceptors (Lipinski definition) is 10. The molecule has 0 bridgehead atoms. The van der Waals surface area contributed by atoms with Crippen molar-refractivity contribution in [3.05, 3.63) is 24.0 Å². The summed E-state index contributed by atoms with van der Waals surface area (Å²) in [5.74, 6) is 1.54. The lowest BCUT2D eigenvalue weighted by Gasteiger charge is -2.42. The van der Waals surface area contributed by atoms with Crippen LogP contribution >= 0.6 is 0 Å². The van der Waals surface area contributed by atoms with Gasteiger partial charge in [0.1, 0.15) is 35.0 Å². The third-order valence-corrected chi connectivity index (χ3v) is 9.07. The predicted molar refractivity (Wildman–Crippen MR) is 188 cm³/mol. The number of anilines is 2. The monoisotopic (exact) mass is 670 g/mol. The molecule has 1 aliphatic heterocycles. The number of Topliss-reactive ketones (excluding diaryl/α,β-unsaturated/α-hetero) is 1. The van der Waals surface area contributed by atoms with Crippen molar-refractivity contribution in [3.8, 4) is 0 Å². The van der Waals surface area contributed by atoms with E-state index in [9.17, 15) is 9.59 Å². The van der Waals surface area contributed by atoms with Crippen molar-refractivity contribution in [3.63, 3.8) is 0 Å². The van der Waals surface area contributed by atoms with E-state index in [2.05, 4.69) is 47.0 Å². The maximum Gasteiger partial charge on any atom is 0.225 e. The smallest absolute Gasteiger partial charge is 0.225 e. The number of nitrogen functional groups attached to an aromatic ring is 1. The summed E-state index contributed by atoms with van der Waals surface area (Å²) in [5.41, 5.74) is 10.1. The summed E-state index contributed by atoms with van der Waals surface area (Å²) in [6, 6.07) is 6.40. The first-order chi connectivity index (χ1) is 23.2. The maximum absolute atomic E-state index is 12.9. The van der Waals surface area contributed by atoms with Crippen molar-refractivity contribution in [2.24, 2.45) is 0 Å². The van der Waals surface area contributed by atoms with Crippen LogP contribution in [0.15, 0.2) is 18.2 Å². The number of pyridine rings is 1. The van der Waals surface area contributed by atoms with Gasteiger partial charge in [0.05, 0.1) is 91.4 Å². The molecule has 1 saturated heterocycles. The van der Waals surface area contributed by atoms with E-state index >= 15 is 0 Å². The fraction of sp³-hybridized carbons (Fsp3) is 0.657. The molecule has 0 unspecified atom stereocenters. The quantitative estimate of drug-likeness (QED) is 0.121. The number of unbranched alkanes of at least 4 members (excludes halogenated alkanes) is 1. The van der Waals surface area contributed by atoms with E-state index in [-0.39, 0.29) is 18.1 Å². The number of aryl methyl sites for hydroxylation is 1. The van der Waals surface area contributed by atoms with Crippen LogP contribution in [0.25, 0.3) is 21.9 Å². The van der Waals surface area contributed by atoms with E-state index in [1.165, 1.54) is 5.69 Å². The fourth-order valence-electron chi connectivity index (χ4n) is 5.87. The molecule has 2 aromatic heterocycles. The van der Waals surface area contributed by atoms with Gasteiger partial charge in [0, 0.05) is 44.1 Å². The second kappa shape index (κ2) is 19.0. The third kappa shape index (κ3) is 11.1. The lowest BCUT2D eigenvalue weighted by Crippen LogP contribution is -2.58. The van der Waals surface area contributed by atoms with Gasteiger partial charge in [0.15, 0.2) is 0 Å². The van der Waals surface area contributed by atoms with Crippen LogP contribution in [0.1, 0.15) is 45.4 Å². The molecule has 0 aliphatic carbocycles. The molecule has 1 fully saturated rings. The molecule has 48 heavy (non-hydrogen) atoms. The lowest BCUT2D eigenvalue weighted by molar-refractivity contribution is -0.910. The number of ether oxygens (including phenoxy) is 4. The number of nitrogens with zero attached hydrogens (tertiary/aromatic N) is 5.